The number of ether oxygens (including phenoxy) is 2. The summed E-state index contributed by atoms with van der Waals surface area (Å²) in [5.41, 5.74) is 2.73. The smallest absolute Gasteiger partial charge is 0.324 e. The van der Waals surface area contributed by atoms with Crippen LogP contribution < -0.4 is 14.8 Å². The maximum absolute atomic E-state index is 13.9. The number of carboxylic acid groups (broad SMARTS) is 1. The number of carbonyl (C=O) groups is 3. The van der Waals surface area contributed by atoms with Gasteiger partial charge in [-0.2, -0.15) is 5.10 Å². The molecule has 338 valence electrons. The number of aliphatic carboxylic acids is 1. The molecule has 4 saturated carbocycles. The van der Waals surface area contributed by atoms with E-state index in [1.165, 1.54) is 30.7 Å². The van der Waals surface area contributed by atoms with Crippen LogP contribution in [0.2, 0.25) is 0 Å². The number of aliphatic hydroxyl groups is 1. The van der Waals surface area contributed by atoms with Gasteiger partial charge in [-0.1, -0.05) is 19.9 Å². The molecule has 8 rings (SSSR count). The Labute approximate surface area is 370 Å². The van der Waals surface area contributed by atoms with E-state index in [1.807, 2.05) is 37.4 Å². The summed E-state index contributed by atoms with van der Waals surface area (Å²) in [4.78, 5) is 45.4. The summed E-state index contributed by atoms with van der Waals surface area (Å²) >= 11 is 0. The van der Waals surface area contributed by atoms with Gasteiger partial charge in [0.25, 0.3) is 11.8 Å². The minimum Gasteiger partial charge on any atom is -0.496 e. The molecule has 13 nitrogen and oxygen atoms in total. The number of nitrogens with zero attached hydrogens (tertiary/aromatic N) is 5. The molecule has 63 heavy (non-hydrogen) atoms. The van der Waals surface area contributed by atoms with Gasteiger partial charge in [-0.25, -0.2) is 9.07 Å². The first kappa shape index (κ1) is 45.7. The van der Waals surface area contributed by atoms with E-state index in [-0.39, 0.29) is 41.1 Å². The number of hydrogen-bond donors (Lipinski definition) is 3. The Balaban J connectivity index is 1.08. The first-order chi connectivity index (χ1) is 30.1. The molecule has 4 aliphatic rings. The van der Waals surface area contributed by atoms with E-state index >= 15 is 0 Å². The molecule has 3 N–H and O–H groups in total. The van der Waals surface area contributed by atoms with E-state index in [1.54, 1.807) is 54.9 Å². The molecule has 4 aromatic rings. The van der Waals surface area contributed by atoms with E-state index < -0.39 is 17.7 Å². The van der Waals surface area contributed by atoms with Gasteiger partial charge >= 0.3 is 5.97 Å². The summed E-state index contributed by atoms with van der Waals surface area (Å²) in [6.45, 7) is 6.73. The molecule has 0 aliphatic heterocycles. The summed E-state index contributed by atoms with van der Waals surface area (Å²) in [7, 11) is 8.73. The number of benzene rings is 3. The fourth-order valence-electron chi connectivity index (χ4n) is 10.7. The van der Waals surface area contributed by atoms with Crippen molar-refractivity contribution in [3.05, 3.63) is 94.9 Å². The second kappa shape index (κ2) is 19.2. The van der Waals surface area contributed by atoms with Crippen molar-refractivity contribution in [1.29, 1.82) is 0 Å². The van der Waals surface area contributed by atoms with Crippen molar-refractivity contribution in [3.8, 4) is 28.4 Å². The van der Waals surface area contributed by atoms with Gasteiger partial charge in [0.2, 0.25) is 0 Å². The van der Waals surface area contributed by atoms with Crippen LogP contribution in [0.5, 0.6) is 11.5 Å². The van der Waals surface area contributed by atoms with Gasteiger partial charge in [0, 0.05) is 38.3 Å². The van der Waals surface area contributed by atoms with Crippen LogP contribution in [-0.2, 0) is 4.79 Å². The summed E-state index contributed by atoms with van der Waals surface area (Å²) in [6, 6.07) is 18.4. The Bertz CT molecular complexity index is 2230. The highest BCUT2D eigenvalue weighted by atomic mass is 19.1. The van der Waals surface area contributed by atoms with E-state index in [9.17, 15) is 29.0 Å². The monoisotopic (exact) mass is 866 g/mol. The fourth-order valence-corrected chi connectivity index (χ4v) is 10.7. The zero-order chi connectivity index (χ0) is 45.2. The minimum absolute atomic E-state index is 0.0387. The molecular weight excluding hydrogens is 804 g/mol. The predicted octanol–water partition coefficient (Wildman–Crippen LogP) is 7.24. The Morgan fingerprint density at radius 2 is 1.35 bits per heavy atom. The van der Waals surface area contributed by atoms with Crippen LogP contribution >= 0.6 is 0 Å². The topological polar surface area (TPSA) is 150 Å². The maximum Gasteiger partial charge on any atom is 0.324 e. The number of carboxylic acids is 1. The molecule has 0 saturated heterocycles. The van der Waals surface area contributed by atoms with Gasteiger partial charge in [0.05, 0.1) is 31.2 Å². The summed E-state index contributed by atoms with van der Waals surface area (Å²) < 4.78 is 26.7. The van der Waals surface area contributed by atoms with Crippen molar-refractivity contribution >= 4 is 17.8 Å². The number of rotatable bonds is 19. The van der Waals surface area contributed by atoms with E-state index in [0.717, 1.165) is 57.2 Å². The Morgan fingerprint density at radius 1 is 0.810 bits per heavy atom. The summed E-state index contributed by atoms with van der Waals surface area (Å²) in [5, 5.41) is 31.1. The zero-order valence-corrected chi connectivity index (χ0v) is 37.6. The second-order valence-corrected chi connectivity index (χ2v) is 18.3. The van der Waals surface area contributed by atoms with Gasteiger partial charge in [-0.05, 0) is 161 Å². The van der Waals surface area contributed by atoms with E-state index in [2.05, 4.69) is 24.1 Å². The Morgan fingerprint density at radius 3 is 1.87 bits per heavy atom. The third-order valence-electron chi connectivity index (χ3n) is 13.8. The van der Waals surface area contributed by atoms with Crippen LogP contribution in [-0.4, -0.2) is 120 Å². The van der Waals surface area contributed by atoms with E-state index in [0.29, 0.717) is 64.5 Å². The van der Waals surface area contributed by atoms with Crippen molar-refractivity contribution in [3.63, 3.8) is 0 Å². The molecule has 1 atom stereocenters. The van der Waals surface area contributed by atoms with Crippen LogP contribution in [0.1, 0.15) is 103 Å². The minimum atomic E-state index is -1.38. The summed E-state index contributed by atoms with van der Waals surface area (Å²) in [6.07, 6.45) is 4.68. The zero-order valence-electron chi connectivity index (χ0n) is 37.6. The van der Waals surface area contributed by atoms with Gasteiger partial charge in [-0.3, -0.25) is 19.7 Å². The lowest BCUT2D eigenvalue weighted by molar-refractivity contribution is -0.169. The van der Waals surface area contributed by atoms with Crippen molar-refractivity contribution in [2.45, 2.75) is 76.5 Å². The maximum atomic E-state index is 13.9. The average molecular weight is 867 g/mol. The molecule has 14 heteroatoms. The molecule has 4 fully saturated rings. The standard InChI is InChI=1S/C49H63FN6O7/c1-30(2)38-28-34(47(59)55(5)22-10-20-53(3)19-9-21-54(4)46(58)33-13-16-37(50)17-14-33)15-18-40(38)56-41(44-42(62-6)11-8-12-43(44)63-7)29-39(52-56)45(57)51-49(48(60)61)35-24-31-23-32(26-35)27-36(49)25-31/h8,11-18,28-32,35-36,45,51,57H,9-10,19-27H2,1-7H3,(H,60,61). The number of aromatic nitrogens is 2. The molecule has 2 amide bonds. The average Bonchev–Trinajstić information content (AvgIpc) is 3.71. The number of halogens is 1. The molecule has 4 bridgehead atoms. The van der Waals surface area contributed by atoms with Crippen LogP contribution in [0.4, 0.5) is 4.39 Å². The van der Waals surface area contributed by atoms with Crippen LogP contribution in [0, 0.1) is 29.5 Å². The van der Waals surface area contributed by atoms with Gasteiger partial charge in [0.1, 0.15) is 28.5 Å². The Hall–Kier alpha value is -5.31. The van der Waals surface area contributed by atoms with Crippen molar-refractivity contribution in [2.24, 2.45) is 23.7 Å². The first-order valence-electron chi connectivity index (χ1n) is 22.2. The van der Waals surface area contributed by atoms with Crippen molar-refractivity contribution in [1.82, 2.24) is 29.8 Å². The number of amides is 2. The van der Waals surface area contributed by atoms with Crippen LogP contribution in [0.25, 0.3) is 16.9 Å². The molecule has 1 heterocycles. The van der Waals surface area contributed by atoms with Gasteiger partial charge < -0.3 is 34.4 Å². The molecule has 0 spiro atoms. The van der Waals surface area contributed by atoms with Crippen molar-refractivity contribution < 1.29 is 38.5 Å². The molecule has 4 aliphatic carbocycles. The SMILES string of the molecule is COc1cccc(OC)c1-c1cc(C(O)NC2(C(=O)O)C3CC4CC(C3)CC2C4)nn1-c1ccc(C(=O)N(C)CCCN(C)CCCN(C)C(=O)c2ccc(F)cc2)cc1C(C)C. The number of nitrogens with one attached hydrogen (secondary N) is 1. The Kier molecular flexibility index (Phi) is 13.9. The number of aliphatic hydroxyl groups excluding tert-OH is 1. The number of methoxy groups -OCH3 is 2. The van der Waals surface area contributed by atoms with Gasteiger partial charge in [-0.15, -0.1) is 0 Å². The lowest BCUT2D eigenvalue weighted by Gasteiger charge is -2.59. The van der Waals surface area contributed by atoms with Crippen molar-refractivity contribution in [2.75, 3.05) is 61.5 Å². The second-order valence-electron chi connectivity index (χ2n) is 18.3. The number of hydrogen-bond acceptors (Lipinski definition) is 9. The molecule has 0 radical (unpaired) electrons. The number of carbonyl (C=O) groups excluding carboxylic acids is 2. The lowest BCUT2D eigenvalue weighted by Crippen LogP contribution is -2.69. The lowest BCUT2D eigenvalue weighted by atomic mass is 9.48. The highest BCUT2D eigenvalue weighted by Gasteiger charge is 2.62. The van der Waals surface area contributed by atoms with Crippen LogP contribution in [0.15, 0.2) is 66.7 Å². The largest absolute Gasteiger partial charge is 0.496 e. The molecule has 1 unspecified atom stereocenters. The third-order valence-corrected chi connectivity index (χ3v) is 13.8. The molecule has 1 aromatic heterocycles. The first-order valence-corrected chi connectivity index (χ1v) is 22.2. The van der Waals surface area contributed by atoms with E-state index in [4.69, 9.17) is 14.6 Å². The van der Waals surface area contributed by atoms with Gasteiger partial charge in [0.15, 0.2) is 6.23 Å². The molecular formula is C49H63FN6O7. The highest BCUT2D eigenvalue weighted by Crippen LogP contribution is 2.59. The molecule has 3 aromatic carbocycles. The normalized spacial score (nSPS) is 21.8. The summed E-state index contributed by atoms with van der Waals surface area (Å²) in [5.74, 6) is 0.406. The quantitative estimate of drug-likeness (QED) is 0.0825. The highest BCUT2D eigenvalue weighted by molar-refractivity contribution is 5.95. The fraction of sp³-hybridized carbons (Fsp3) is 0.510. The van der Waals surface area contributed by atoms with Crippen LogP contribution in [0.3, 0.4) is 0 Å². The predicted molar refractivity (Wildman–Crippen MR) is 239 cm³/mol. The third kappa shape index (κ3) is 9.35.